The molecule has 12 nitrogen and oxygen atoms in total. The maximum absolute atomic E-state index is 12.7. The van der Waals surface area contributed by atoms with E-state index in [0.29, 0.717) is 0 Å². The highest BCUT2D eigenvalue weighted by molar-refractivity contribution is 5.88. The Balaban J connectivity index is 1.72. The van der Waals surface area contributed by atoms with Crippen LogP contribution in [0.5, 0.6) is 28.7 Å². The van der Waals surface area contributed by atoms with E-state index in [1.807, 2.05) is 0 Å². The van der Waals surface area contributed by atoms with Gasteiger partial charge >= 0.3 is 0 Å². The van der Waals surface area contributed by atoms with Crippen LogP contribution in [0.25, 0.3) is 22.3 Å². The zero-order valence-corrected chi connectivity index (χ0v) is 18.6. The van der Waals surface area contributed by atoms with E-state index in [1.165, 1.54) is 44.6 Å². The first-order chi connectivity index (χ1) is 16.7. The predicted molar refractivity (Wildman–Crippen MR) is 119 cm³/mol. The number of hydrogen-bond acceptors (Lipinski definition) is 12. The van der Waals surface area contributed by atoms with Gasteiger partial charge < -0.3 is 54.0 Å². The Kier molecular flexibility index (Phi) is 6.74. The number of phenolic OH excluding ortho intramolecular Hbond substituents is 1. The number of fused-ring (bicyclic) bond motifs is 1. The molecule has 12 heteroatoms. The summed E-state index contributed by atoms with van der Waals surface area (Å²) in [5.74, 6) is -1.03. The number of aromatic hydroxyl groups is 2. The molecule has 1 aromatic heterocycles. The molecule has 0 aliphatic carbocycles. The van der Waals surface area contributed by atoms with Crippen molar-refractivity contribution in [1.29, 1.82) is 0 Å². The van der Waals surface area contributed by atoms with E-state index in [2.05, 4.69) is 0 Å². The SMILES string of the molecule is COc1cc(O)c2c(=O)c(O)c(-c3ccc(OC4OC(CO)C(O)C(O)C4O)c(OC)c3)oc2c1. The van der Waals surface area contributed by atoms with Crippen LogP contribution in [0.3, 0.4) is 0 Å². The second-order valence-corrected chi connectivity index (χ2v) is 7.81. The average molecular weight is 492 g/mol. The third-order valence-corrected chi connectivity index (χ3v) is 5.68. The van der Waals surface area contributed by atoms with Crippen LogP contribution in [0, 0.1) is 0 Å². The first kappa shape index (κ1) is 24.6. The lowest BCUT2D eigenvalue weighted by Gasteiger charge is -2.39. The summed E-state index contributed by atoms with van der Waals surface area (Å²) in [4.78, 5) is 12.7. The van der Waals surface area contributed by atoms with Gasteiger partial charge in [-0.25, -0.2) is 0 Å². The van der Waals surface area contributed by atoms with Gasteiger partial charge in [-0.1, -0.05) is 0 Å². The van der Waals surface area contributed by atoms with Gasteiger partial charge in [0.2, 0.25) is 17.5 Å². The molecule has 0 bridgehead atoms. The van der Waals surface area contributed by atoms with Crippen LogP contribution in [0.2, 0.25) is 0 Å². The number of benzene rings is 2. The van der Waals surface area contributed by atoms with E-state index in [0.717, 1.165) is 0 Å². The van der Waals surface area contributed by atoms with Gasteiger partial charge in [-0.15, -0.1) is 0 Å². The van der Waals surface area contributed by atoms with Crippen molar-refractivity contribution in [2.24, 2.45) is 0 Å². The van der Waals surface area contributed by atoms with E-state index >= 15 is 0 Å². The van der Waals surface area contributed by atoms with Gasteiger partial charge in [0, 0.05) is 17.7 Å². The molecule has 1 aliphatic rings. The van der Waals surface area contributed by atoms with Gasteiger partial charge in [0.15, 0.2) is 17.3 Å². The Hall–Kier alpha value is -3.55. The fraction of sp³-hybridized carbons (Fsp3) is 0.348. The third-order valence-electron chi connectivity index (χ3n) is 5.68. The molecule has 2 aromatic carbocycles. The van der Waals surface area contributed by atoms with Crippen molar-refractivity contribution in [2.45, 2.75) is 30.7 Å². The van der Waals surface area contributed by atoms with Gasteiger partial charge in [-0.3, -0.25) is 4.79 Å². The second kappa shape index (κ2) is 9.60. The molecule has 0 amide bonds. The zero-order valence-electron chi connectivity index (χ0n) is 18.6. The Bertz CT molecular complexity index is 1280. The van der Waals surface area contributed by atoms with Crippen LogP contribution in [-0.2, 0) is 4.74 Å². The summed E-state index contributed by atoms with van der Waals surface area (Å²) >= 11 is 0. The fourth-order valence-electron chi connectivity index (χ4n) is 3.77. The quantitative estimate of drug-likeness (QED) is 0.272. The third kappa shape index (κ3) is 4.33. The molecule has 35 heavy (non-hydrogen) atoms. The molecule has 1 aliphatic heterocycles. The molecular formula is C23H24O12. The van der Waals surface area contributed by atoms with Gasteiger partial charge in [-0.05, 0) is 18.2 Å². The van der Waals surface area contributed by atoms with Crippen molar-refractivity contribution in [3.63, 3.8) is 0 Å². The summed E-state index contributed by atoms with van der Waals surface area (Å²) in [6.45, 7) is -0.624. The molecule has 3 aromatic rings. The second-order valence-electron chi connectivity index (χ2n) is 7.81. The topological polar surface area (TPSA) is 189 Å². The van der Waals surface area contributed by atoms with Crippen molar-refractivity contribution in [3.8, 4) is 40.1 Å². The molecule has 6 N–H and O–H groups in total. The van der Waals surface area contributed by atoms with E-state index in [9.17, 15) is 35.4 Å². The summed E-state index contributed by atoms with van der Waals surface area (Å²) in [6.07, 6.45) is -7.43. The Morgan fingerprint density at radius 2 is 1.69 bits per heavy atom. The number of aliphatic hydroxyl groups excluding tert-OH is 4. The molecule has 5 unspecified atom stereocenters. The van der Waals surface area contributed by atoms with Crippen LogP contribution in [0.4, 0.5) is 0 Å². The lowest BCUT2D eigenvalue weighted by atomic mass is 9.99. The van der Waals surface area contributed by atoms with E-state index in [4.69, 9.17) is 23.4 Å². The van der Waals surface area contributed by atoms with Gasteiger partial charge in [-0.2, -0.15) is 0 Å². The highest BCUT2D eigenvalue weighted by Crippen LogP contribution is 2.39. The first-order valence-electron chi connectivity index (χ1n) is 10.4. The van der Waals surface area contributed by atoms with E-state index in [1.54, 1.807) is 0 Å². The maximum Gasteiger partial charge on any atom is 0.238 e. The Morgan fingerprint density at radius 1 is 0.943 bits per heavy atom. The normalized spacial score (nSPS) is 24.3. The molecule has 0 radical (unpaired) electrons. The van der Waals surface area contributed by atoms with Crippen molar-refractivity contribution in [3.05, 3.63) is 40.6 Å². The number of ether oxygens (including phenoxy) is 4. The number of rotatable bonds is 6. The summed E-state index contributed by atoms with van der Waals surface area (Å²) in [5.41, 5.74) is -0.677. The van der Waals surface area contributed by atoms with Crippen molar-refractivity contribution < 1.29 is 54.0 Å². The summed E-state index contributed by atoms with van der Waals surface area (Å²) < 4.78 is 27.1. The molecule has 4 rings (SSSR count). The number of aliphatic hydroxyl groups is 4. The van der Waals surface area contributed by atoms with Gasteiger partial charge in [0.05, 0.1) is 20.8 Å². The van der Waals surface area contributed by atoms with Crippen LogP contribution < -0.4 is 19.6 Å². The minimum atomic E-state index is -1.64. The van der Waals surface area contributed by atoms with Crippen molar-refractivity contribution >= 4 is 11.0 Å². The highest BCUT2D eigenvalue weighted by atomic mass is 16.7. The lowest BCUT2D eigenvalue weighted by Crippen LogP contribution is -2.60. The average Bonchev–Trinajstić information content (AvgIpc) is 2.86. The van der Waals surface area contributed by atoms with Crippen molar-refractivity contribution in [1.82, 2.24) is 0 Å². The summed E-state index contributed by atoms with van der Waals surface area (Å²) in [6, 6.07) is 6.77. The smallest absolute Gasteiger partial charge is 0.238 e. The van der Waals surface area contributed by atoms with Crippen LogP contribution in [0.15, 0.2) is 39.5 Å². The molecule has 1 saturated heterocycles. The summed E-state index contributed by atoms with van der Waals surface area (Å²) in [5, 5.41) is 59.9. The van der Waals surface area contributed by atoms with Crippen molar-refractivity contribution in [2.75, 3.05) is 20.8 Å². The summed E-state index contributed by atoms with van der Waals surface area (Å²) in [7, 11) is 2.69. The monoisotopic (exact) mass is 492 g/mol. The number of methoxy groups -OCH3 is 2. The highest BCUT2D eigenvalue weighted by Gasteiger charge is 2.45. The lowest BCUT2D eigenvalue weighted by molar-refractivity contribution is -0.277. The molecule has 0 saturated carbocycles. The molecule has 1 fully saturated rings. The standard InChI is InChI=1S/C23H24O12/c1-31-10-6-11(25)16-14(7-10)33-22(20(29)18(16)27)9-3-4-12(13(5-9)32-2)34-23-21(30)19(28)17(26)15(8-24)35-23/h3-7,15,17,19,21,23-26,28-30H,8H2,1-2H3. The molecule has 188 valence electrons. The van der Waals surface area contributed by atoms with Gasteiger partial charge in [0.1, 0.15) is 46.9 Å². The van der Waals surface area contributed by atoms with E-state index < -0.39 is 54.2 Å². The van der Waals surface area contributed by atoms with Gasteiger partial charge in [0.25, 0.3) is 0 Å². The Labute approximate surface area is 197 Å². The van der Waals surface area contributed by atoms with Crippen LogP contribution >= 0.6 is 0 Å². The largest absolute Gasteiger partial charge is 0.507 e. The maximum atomic E-state index is 12.7. The molecular weight excluding hydrogens is 468 g/mol. The molecule has 5 atom stereocenters. The minimum absolute atomic E-state index is 0.0275. The molecule has 0 spiro atoms. The first-order valence-corrected chi connectivity index (χ1v) is 10.4. The fourth-order valence-corrected chi connectivity index (χ4v) is 3.77. The Morgan fingerprint density at radius 3 is 2.34 bits per heavy atom. The van der Waals surface area contributed by atoms with Crippen LogP contribution in [0.1, 0.15) is 0 Å². The van der Waals surface area contributed by atoms with Crippen LogP contribution in [-0.4, -0.2) is 82.2 Å². The zero-order chi connectivity index (χ0) is 25.4. The van der Waals surface area contributed by atoms with E-state index in [-0.39, 0.29) is 39.5 Å². The molecule has 2 heterocycles. The minimum Gasteiger partial charge on any atom is -0.507 e. The predicted octanol–water partition coefficient (Wildman–Crippen LogP) is 0.0671. The number of phenols is 1. The number of hydrogen-bond donors (Lipinski definition) is 6.